The predicted molar refractivity (Wildman–Crippen MR) is 76.6 cm³/mol. The number of ether oxygens (including phenoxy) is 1. The number of nitrogens with zero attached hydrogens (tertiary/aromatic N) is 2. The summed E-state index contributed by atoms with van der Waals surface area (Å²) >= 11 is 1.88. The van der Waals surface area contributed by atoms with Gasteiger partial charge in [0.15, 0.2) is 0 Å². The second-order valence-electron chi connectivity index (χ2n) is 4.89. The van der Waals surface area contributed by atoms with E-state index in [-0.39, 0.29) is 5.69 Å². The third-order valence-corrected chi connectivity index (χ3v) is 4.63. The van der Waals surface area contributed by atoms with Gasteiger partial charge in [-0.25, -0.2) is 0 Å². The van der Waals surface area contributed by atoms with Gasteiger partial charge in [-0.2, -0.15) is 17.0 Å². The van der Waals surface area contributed by atoms with E-state index in [0.717, 1.165) is 24.3 Å². The minimum Gasteiger partial charge on any atom is -0.482 e. The maximum atomic E-state index is 10.8. The third-order valence-electron chi connectivity index (χ3n) is 3.64. The number of benzene rings is 1. The molecule has 1 aromatic carbocycles. The lowest BCUT2D eigenvalue weighted by molar-refractivity contribution is -0.384. The molecule has 0 saturated carbocycles. The van der Waals surface area contributed by atoms with Gasteiger partial charge >= 0.3 is 0 Å². The molecule has 0 radical (unpaired) electrons. The predicted octanol–water partition coefficient (Wildman–Crippen LogP) is 3.16. The summed E-state index contributed by atoms with van der Waals surface area (Å²) in [6.07, 6.45) is 3.57. The van der Waals surface area contributed by atoms with Crippen molar-refractivity contribution < 1.29 is 9.66 Å². The van der Waals surface area contributed by atoms with Crippen LogP contribution < -0.4 is 4.74 Å². The number of nitro benzene ring substituents is 1. The molecule has 0 bridgehead atoms. The van der Waals surface area contributed by atoms with E-state index in [9.17, 15) is 15.4 Å². The number of nitriles is 1. The average molecular weight is 288 g/mol. The Hall–Kier alpha value is -2.00. The van der Waals surface area contributed by atoms with Crippen molar-refractivity contribution >= 4 is 23.0 Å². The number of thioether (sulfide) groups is 1. The molecule has 1 fully saturated rings. The average Bonchev–Trinajstić information content (AvgIpc) is 2.46. The highest BCUT2D eigenvalue weighted by molar-refractivity contribution is 7.99. The van der Waals surface area contributed by atoms with Crippen molar-refractivity contribution in [3.63, 3.8) is 0 Å². The van der Waals surface area contributed by atoms with Crippen LogP contribution in [0.3, 0.4) is 0 Å². The molecule has 2 heterocycles. The van der Waals surface area contributed by atoms with E-state index in [4.69, 9.17) is 4.74 Å². The van der Waals surface area contributed by atoms with E-state index in [0.29, 0.717) is 16.9 Å². The lowest BCUT2D eigenvalue weighted by atomic mass is 9.88. The molecule has 102 valence electrons. The van der Waals surface area contributed by atoms with Crippen molar-refractivity contribution in [2.75, 3.05) is 11.5 Å². The molecule has 2 aliphatic heterocycles. The molecule has 0 unspecified atom stereocenters. The van der Waals surface area contributed by atoms with Gasteiger partial charge in [0.2, 0.25) is 0 Å². The van der Waals surface area contributed by atoms with Crippen LogP contribution in [0.2, 0.25) is 0 Å². The third kappa shape index (κ3) is 2.14. The van der Waals surface area contributed by atoms with Crippen LogP contribution in [0.5, 0.6) is 5.75 Å². The Balaban J connectivity index is 2.07. The van der Waals surface area contributed by atoms with Gasteiger partial charge in [0.05, 0.1) is 16.6 Å². The first-order valence-corrected chi connectivity index (χ1v) is 7.48. The van der Waals surface area contributed by atoms with Gasteiger partial charge < -0.3 is 4.74 Å². The first kappa shape index (κ1) is 13.0. The zero-order chi connectivity index (χ0) is 14.2. The molecule has 0 aromatic heterocycles. The smallest absolute Gasteiger partial charge is 0.270 e. The maximum absolute atomic E-state index is 10.8. The molecule has 3 rings (SSSR count). The lowest BCUT2D eigenvalue weighted by Crippen LogP contribution is -2.40. The molecule has 0 amide bonds. The molecule has 5 nitrogen and oxygen atoms in total. The van der Waals surface area contributed by atoms with Crippen LogP contribution in [0.25, 0.3) is 5.57 Å². The quantitative estimate of drug-likeness (QED) is 0.586. The van der Waals surface area contributed by atoms with Gasteiger partial charge in [0.1, 0.15) is 11.4 Å². The number of hydrogen-bond acceptors (Lipinski definition) is 5. The van der Waals surface area contributed by atoms with Crippen LogP contribution in [-0.2, 0) is 0 Å². The normalized spacial score (nSPS) is 19.4. The topological polar surface area (TPSA) is 76.2 Å². The van der Waals surface area contributed by atoms with Crippen LogP contribution in [0.15, 0.2) is 24.3 Å². The van der Waals surface area contributed by atoms with Crippen LogP contribution in [0, 0.1) is 21.4 Å². The van der Waals surface area contributed by atoms with E-state index in [1.54, 1.807) is 6.07 Å². The second kappa shape index (κ2) is 4.84. The fourth-order valence-corrected chi connectivity index (χ4v) is 3.76. The van der Waals surface area contributed by atoms with Crippen molar-refractivity contribution in [3.8, 4) is 11.8 Å². The van der Waals surface area contributed by atoms with Crippen molar-refractivity contribution in [3.05, 3.63) is 40.0 Å². The minimum absolute atomic E-state index is 0.0244. The Morgan fingerprint density at radius 2 is 2.15 bits per heavy atom. The van der Waals surface area contributed by atoms with Crippen molar-refractivity contribution in [2.45, 2.75) is 18.4 Å². The number of non-ortho nitro benzene ring substituents is 1. The standard InChI is InChI=1S/C14H12N2O3S/c15-9-10-8-14(3-5-20-6-4-14)19-13-2-1-11(16(17)18)7-12(10)13/h1-2,7-8H,3-6H2. The Morgan fingerprint density at radius 3 is 2.80 bits per heavy atom. The summed E-state index contributed by atoms with van der Waals surface area (Å²) < 4.78 is 6.06. The van der Waals surface area contributed by atoms with Gasteiger partial charge in [0, 0.05) is 17.7 Å². The Morgan fingerprint density at radius 1 is 1.40 bits per heavy atom. The first-order valence-electron chi connectivity index (χ1n) is 6.32. The van der Waals surface area contributed by atoms with E-state index in [2.05, 4.69) is 6.07 Å². The fourth-order valence-electron chi connectivity index (χ4n) is 2.58. The van der Waals surface area contributed by atoms with Gasteiger partial charge in [0.25, 0.3) is 5.69 Å². The van der Waals surface area contributed by atoms with Gasteiger partial charge in [-0.05, 0) is 36.5 Å². The maximum Gasteiger partial charge on any atom is 0.270 e. The van der Waals surface area contributed by atoms with Crippen molar-refractivity contribution in [2.24, 2.45) is 0 Å². The molecule has 1 spiro atoms. The SMILES string of the molecule is N#CC1=CC2(CCSCC2)Oc2ccc([N+](=O)[O-])cc21. The minimum atomic E-state index is -0.461. The van der Waals surface area contributed by atoms with E-state index >= 15 is 0 Å². The summed E-state index contributed by atoms with van der Waals surface area (Å²) in [5.74, 6) is 2.57. The molecule has 0 atom stereocenters. The van der Waals surface area contributed by atoms with Crippen LogP contribution in [0.4, 0.5) is 5.69 Å². The fraction of sp³-hybridized carbons (Fsp3) is 0.357. The molecule has 0 aliphatic carbocycles. The summed E-state index contributed by atoms with van der Waals surface area (Å²) in [7, 11) is 0. The van der Waals surface area contributed by atoms with Crippen LogP contribution in [0.1, 0.15) is 18.4 Å². The van der Waals surface area contributed by atoms with Gasteiger partial charge in [-0.1, -0.05) is 0 Å². The summed E-state index contributed by atoms with van der Waals surface area (Å²) in [5.41, 5.74) is 0.551. The van der Waals surface area contributed by atoms with E-state index in [1.165, 1.54) is 12.1 Å². The molecule has 6 heteroatoms. The Kier molecular flexibility index (Phi) is 3.14. The largest absolute Gasteiger partial charge is 0.482 e. The van der Waals surface area contributed by atoms with E-state index < -0.39 is 10.5 Å². The summed E-state index contributed by atoms with van der Waals surface area (Å²) in [4.78, 5) is 10.4. The highest BCUT2D eigenvalue weighted by Crippen LogP contribution is 2.42. The molecule has 0 N–H and O–H groups in total. The van der Waals surface area contributed by atoms with Crippen LogP contribution >= 0.6 is 11.8 Å². The molecule has 20 heavy (non-hydrogen) atoms. The molecule has 1 saturated heterocycles. The zero-order valence-electron chi connectivity index (χ0n) is 10.7. The molecule has 1 aromatic rings. The molecule has 2 aliphatic rings. The number of fused-ring (bicyclic) bond motifs is 1. The van der Waals surface area contributed by atoms with Gasteiger partial charge in [-0.15, -0.1) is 0 Å². The van der Waals surface area contributed by atoms with E-state index in [1.807, 2.05) is 17.8 Å². The monoisotopic (exact) mass is 288 g/mol. The lowest BCUT2D eigenvalue weighted by Gasteiger charge is -2.38. The second-order valence-corrected chi connectivity index (χ2v) is 6.11. The highest BCUT2D eigenvalue weighted by atomic mass is 32.2. The highest BCUT2D eigenvalue weighted by Gasteiger charge is 2.37. The summed E-state index contributed by atoms with van der Waals surface area (Å²) in [5, 5.41) is 20.2. The zero-order valence-corrected chi connectivity index (χ0v) is 11.5. The number of allylic oxidation sites excluding steroid dienone is 1. The van der Waals surface area contributed by atoms with Crippen molar-refractivity contribution in [1.29, 1.82) is 5.26 Å². The number of rotatable bonds is 1. The number of hydrogen-bond donors (Lipinski definition) is 0. The summed E-state index contributed by atoms with van der Waals surface area (Å²) in [6.45, 7) is 0. The Bertz CT molecular complexity index is 642. The van der Waals surface area contributed by atoms with Gasteiger partial charge in [-0.3, -0.25) is 10.1 Å². The first-order chi connectivity index (χ1) is 9.63. The van der Waals surface area contributed by atoms with Crippen LogP contribution in [-0.4, -0.2) is 22.0 Å². The van der Waals surface area contributed by atoms with Crippen molar-refractivity contribution in [1.82, 2.24) is 0 Å². The molecular weight excluding hydrogens is 276 g/mol. The molecular formula is C14H12N2O3S. The Labute approximate surface area is 120 Å². The summed E-state index contributed by atoms with van der Waals surface area (Å²) in [6, 6.07) is 6.58. The number of nitro groups is 1.